The molecule has 0 heterocycles. The number of ether oxygens (including phenoxy) is 2. The lowest BCUT2D eigenvalue weighted by molar-refractivity contribution is -0.141. The van der Waals surface area contributed by atoms with E-state index in [1.165, 1.54) is 16.3 Å². The van der Waals surface area contributed by atoms with Gasteiger partial charge in [-0.15, -0.1) is 0 Å². The summed E-state index contributed by atoms with van der Waals surface area (Å²) in [5.74, 6) is 0.419. The van der Waals surface area contributed by atoms with Crippen LogP contribution in [0.1, 0.15) is 38.7 Å². The molecule has 2 rings (SSSR count). The molecule has 20 heavy (non-hydrogen) atoms. The Morgan fingerprint density at radius 3 is 2.20 bits per heavy atom. The van der Waals surface area contributed by atoms with Crippen molar-refractivity contribution in [3.63, 3.8) is 0 Å². The minimum Gasteiger partial charge on any atom is -0.353 e. The summed E-state index contributed by atoms with van der Waals surface area (Å²) in [4.78, 5) is 0. The molecule has 0 radical (unpaired) electrons. The molecule has 0 fully saturated rings. The number of rotatable bonds is 7. The van der Waals surface area contributed by atoms with Gasteiger partial charge in [0.25, 0.3) is 0 Å². The lowest BCUT2D eigenvalue weighted by atomic mass is 9.95. The van der Waals surface area contributed by atoms with Crippen LogP contribution in [0.15, 0.2) is 42.5 Å². The SMILES string of the molecule is CCOC(CC(C)c1ccc2ccccc2c1)OCC. The predicted molar refractivity (Wildman–Crippen MR) is 84.0 cm³/mol. The molecule has 0 amide bonds. The largest absolute Gasteiger partial charge is 0.353 e. The molecule has 0 aromatic heterocycles. The summed E-state index contributed by atoms with van der Waals surface area (Å²) in [6, 6.07) is 15.1. The van der Waals surface area contributed by atoms with Crippen molar-refractivity contribution < 1.29 is 9.47 Å². The minimum absolute atomic E-state index is 0.105. The van der Waals surface area contributed by atoms with Crippen molar-refractivity contribution in [1.29, 1.82) is 0 Å². The Hall–Kier alpha value is -1.38. The average molecular weight is 272 g/mol. The Bertz CT molecular complexity index is 530. The summed E-state index contributed by atoms with van der Waals surface area (Å²) in [5.41, 5.74) is 1.34. The minimum atomic E-state index is -0.105. The maximum absolute atomic E-state index is 5.64. The fraction of sp³-hybridized carbons (Fsp3) is 0.444. The normalized spacial score (nSPS) is 13.0. The van der Waals surface area contributed by atoms with Gasteiger partial charge in [-0.2, -0.15) is 0 Å². The molecule has 108 valence electrons. The molecule has 2 aromatic carbocycles. The molecule has 0 aliphatic carbocycles. The summed E-state index contributed by atoms with van der Waals surface area (Å²) < 4.78 is 11.3. The summed E-state index contributed by atoms with van der Waals surface area (Å²) in [7, 11) is 0. The number of hydrogen-bond acceptors (Lipinski definition) is 2. The van der Waals surface area contributed by atoms with E-state index in [0.29, 0.717) is 19.1 Å². The third-order valence-corrected chi connectivity index (χ3v) is 3.59. The molecule has 2 heteroatoms. The first kappa shape index (κ1) is 15.0. The van der Waals surface area contributed by atoms with E-state index in [-0.39, 0.29) is 6.29 Å². The molecule has 0 saturated heterocycles. The van der Waals surface area contributed by atoms with Crippen LogP contribution in [-0.4, -0.2) is 19.5 Å². The first-order valence-corrected chi connectivity index (χ1v) is 7.46. The fourth-order valence-corrected chi connectivity index (χ4v) is 2.50. The molecule has 2 aromatic rings. The van der Waals surface area contributed by atoms with E-state index in [9.17, 15) is 0 Å². The van der Waals surface area contributed by atoms with Gasteiger partial charge in [-0.25, -0.2) is 0 Å². The Balaban J connectivity index is 2.11. The third-order valence-electron chi connectivity index (χ3n) is 3.59. The van der Waals surface area contributed by atoms with Gasteiger partial charge in [-0.3, -0.25) is 0 Å². The molecule has 0 spiro atoms. The second kappa shape index (κ2) is 7.41. The monoisotopic (exact) mass is 272 g/mol. The standard InChI is InChI=1S/C18H24O2/c1-4-19-18(20-5-2)12-14(3)16-11-10-15-8-6-7-9-17(15)13-16/h6-11,13-14,18H,4-5,12H2,1-3H3. The third kappa shape index (κ3) is 3.81. The summed E-state index contributed by atoms with van der Waals surface area (Å²) in [6.45, 7) is 7.62. The van der Waals surface area contributed by atoms with Gasteiger partial charge in [-0.1, -0.05) is 49.4 Å². The lowest BCUT2D eigenvalue weighted by Gasteiger charge is -2.21. The zero-order valence-electron chi connectivity index (χ0n) is 12.6. The van der Waals surface area contributed by atoms with Crippen molar-refractivity contribution in [2.75, 3.05) is 13.2 Å². The van der Waals surface area contributed by atoms with E-state index in [0.717, 1.165) is 6.42 Å². The molecule has 1 atom stereocenters. The first-order valence-electron chi connectivity index (χ1n) is 7.46. The topological polar surface area (TPSA) is 18.5 Å². The van der Waals surface area contributed by atoms with Crippen LogP contribution < -0.4 is 0 Å². The molecule has 2 nitrogen and oxygen atoms in total. The van der Waals surface area contributed by atoms with Crippen molar-refractivity contribution in [3.8, 4) is 0 Å². The number of fused-ring (bicyclic) bond motifs is 1. The van der Waals surface area contributed by atoms with E-state index >= 15 is 0 Å². The molecular formula is C18H24O2. The van der Waals surface area contributed by atoms with Gasteiger partial charge in [0.2, 0.25) is 0 Å². The maximum Gasteiger partial charge on any atom is 0.158 e. The zero-order valence-corrected chi connectivity index (χ0v) is 12.6. The quantitative estimate of drug-likeness (QED) is 0.678. The van der Waals surface area contributed by atoms with E-state index in [2.05, 4.69) is 49.4 Å². The van der Waals surface area contributed by atoms with Crippen molar-refractivity contribution >= 4 is 10.8 Å². The average Bonchev–Trinajstić information content (AvgIpc) is 2.47. The van der Waals surface area contributed by atoms with Crippen LogP contribution >= 0.6 is 0 Å². The van der Waals surface area contributed by atoms with Gasteiger partial charge in [0.15, 0.2) is 6.29 Å². The van der Waals surface area contributed by atoms with Crippen LogP contribution in [-0.2, 0) is 9.47 Å². The molecule has 0 aliphatic heterocycles. The summed E-state index contributed by atoms with van der Waals surface area (Å²) in [5, 5.41) is 2.58. The number of benzene rings is 2. The Morgan fingerprint density at radius 2 is 1.55 bits per heavy atom. The van der Waals surface area contributed by atoms with Crippen LogP contribution in [0.2, 0.25) is 0 Å². The molecule has 1 unspecified atom stereocenters. The summed E-state index contributed by atoms with van der Waals surface area (Å²) in [6.07, 6.45) is 0.784. The highest BCUT2D eigenvalue weighted by atomic mass is 16.7. The van der Waals surface area contributed by atoms with Crippen LogP contribution in [0, 0.1) is 0 Å². The van der Waals surface area contributed by atoms with Crippen LogP contribution in [0.25, 0.3) is 10.8 Å². The highest BCUT2D eigenvalue weighted by Crippen LogP contribution is 2.26. The Morgan fingerprint density at radius 1 is 0.900 bits per heavy atom. The highest BCUT2D eigenvalue weighted by Gasteiger charge is 2.15. The van der Waals surface area contributed by atoms with Gasteiger partial charge in [0, 0.05) is 19.6 Å². The molecule has 0 N–H and O–H groups in total. The van der Waals surface area contributed by atoms with Gasteiger partial charge in [0.05, 0.1) is 0 Å². The van der Waals surface area contributed by atoms with Gasteiger partial charge < -0.3 is 9.47 Å². The maximum atomic E-state index is 5.64. The van der Waals surface area contributed by atoms with E-state index in [1.54, 1.807) is 0 Å². The predicted octanol–water partition coefficient (Wildman–Crippen LogP) is 4.73. The molecule has 0 bridgehead atoms. The zero-order chi connectivity index (χ0) is 14.4. The number of hydrogen-bond donors (Lipinski definition) is 0. The Labute approximate surface area is 121 Å². The van der Waals surface area contributed by atoms with Crippen LogP contribution in [0.3, 0.4) is 0 Å². The van der Waals surface area contributed by atoms with Crippen molar-refractivity contribution in [3.05, 3.63) is 48.0 Å². The Kier molecular flexibility index (Phi) is 5.57. The van der Waals surface area contributed by atoms with Gasteiger partial charge >= 0.3 is 0 Å². The first-order chi connectivity index (χ1) is 9.74. The lowest BCUT2D eigenvalue weighted by Crippen LogP contribution is -2.19. The summed E-state index contributed by atoms with van der Waals surface area (Å²) >= 11 is 0. The van der Waals surface area contributed by atoms with E-state index in [1.807, 2.05) is 13.8 Å². The molecular weight excluding hydrogens is 248 g/mol. The van der Waals surface area contributed by atoms with E-state index < -0.39 is 0 Å². The van der Waals surface area contributed by atoms with Crippen molar-refractivity contribution in [2.45, 2.75) is 39.4 Å². The van der Waals surface area contributed by atoms with Gasteiger partial charge in [-0.05, 0) is 36.1 Å². The van der Waals surface area contributed by atoms with Crippen molar-refractivity contribution in [2.24, 2.45) is 0 Å². The second-order valence-corrected chi connectivity index (χ2v) is 5.08. The van der Waals surface area contributed by atoms with Crippen LogP contribution in [0.5, 0.6) is 0 Å². The molecule has 0 aliphatic rings. The molecule has 0 saturated carbocycles. The smallest absolute Gasteiger partial charge is 0.158 e. The second-order valence-electron chi connectivity index (χ2n) is 5.08. The highest BCUT2D eigenvalue weighted by molar-refractivity contribution is 5.83. The van der Waals surface area contributed by atoms with Crippen molar-refractivity contribution in [1.82, 2.24) is 0 Å². The van der Waals surface area contributed by atoms with Gasteiger partial charge in [0.1, 0.15) is 0 Å². The van der Waals surface area contributed by atoms with Crippen LogP contribution in [0.4, 0.5) is 0 Å². The fourth-order valence-electron chi connectivity index (χ4n) is 2.50. The van der Waals surface area contributed by atoms with E-state index in [4.69, 9.17) is 9.47 Å².